The zero-order valence-electron chi connectivity index (χ0n) is 23.2. The molecule has 0 bridgehead atoms. The number of anilines is 3. The minimum atomic E-state index is -1.23. The van der Waals surface area contributed by atoms with Gasteiger partial charge in [0.25, 0.3) is 5.56 Å². The fourth-order valence-electron chi connectivity index (χ4n) is 5.30. The zero-order valence-corrected chi connectivity index (χ0v) is 23.9. The number of piperazine rings is 1. The van der Waals surface area contributed by atoms with Crippen LogP contribution in [-0.2, 0) is 0 Å². The van der Waals surface area contributed by atoms with Gasteiger partial charge in [0.1, 0.15) is 16.9 Å². The molecule has 1 saturated heterocycles. The van der Waals surface area contributed by atoms with E-state index in [-0.39, 0.29) is 28.1 Å². The molecule has 212 valence electrons. The van der Waals surface area contributed by atoms with Crippen molar-refractivity contribution >= 4 is 40.4 Å². The molecule has 2 atom stereocenters. The third-order valence-corrected chi connectivity index (χ3v) is 7.56. The number of aromatic nitrogens is 3. The fraction of sp³-hybridized carbons (Fsp3) is 0.267. The molecule has 1 aromatic carbocycles. The molecule has 0 saturated carbocycles. The van der Waals surface area contributed by atoms with Crippen LogP contribution in [0.2, 0.25) is 5.15 Å². The molecular weight excluding hydrogens is 556 g/mol. The molecule has 1 aliphatic heterocycles. The number of pyridine rings is 2. The first kappa shape index (κ1) is 28.4. The second kappa shape index (κ2) is 11.4. The lowest BCUT2D eigenvalue weighted by Crippen LogP contribution is -2.53. The summed E-state index contributed by atoms with van der Waals surface area (Å²) in [5.41, 5.74) is 2.88. The lowest BCUT2D eigenvalue weighted by atomic mass is 10.1. The monoisotopic (exact) mass is 582 g/mol. The number of carbonyl (C=O) groups is 1. The number of carboxylic acid groups (broad SMARTS) is 1. The number of nitriles is 2. The molecule has 2 N–H and O–H groups in total. The van der Waals surface area contributed by atoms with Crippen LogP contribution in [-0.4, -0.2) is 51.1 Å². The van der Waals surface area contributed by atoms with Gasteiger partial charge in [-0.15, -0.1) is 0 Å². The molecule has 0 spiro atoms. The molecular formula is C30H27ClN8O3. The van der Waals surface area contributed by atoms with Gasteiger partial charge in [-0.1, -0.05) is 11.6 Å². The first-order chi connectivity index (χ1) is 20.1. The summed E-state index contributed by atoms with van der Waals surface area (Å²) in [5, 5.41) is 32.0. The summed E-state index contributed by atoms with van der Waals surface area (Å²) in [4.78, 5) is 38.5. The van der Waals surface area contributed by atoms with Gasteiger partial charge in [-0.05, 0) is 68.8 Å². The van der Waals surface area contributed by atoms with E-state index in [4.69, 9.17) is 21.8 Å². The van der Waals surface area contributed by atoms with Crippen molar-refractivity contribution in [3.8, 4) is 12.1 Å². The number of hydrogen-bond donors (Lipinski definition) is 2. The first-order valence-corrected chi connectivity index (χ1v) is 13.6. The van der Waals surface area contributed by atoms with E-state index in [0.717, 1.165) is 11.3 Å². The number of fused-ring (bicyclic) bond motifs is 1. The Labute approximate surface area is 246 Å². The van der Waals surface area contributed by atoms with Gasteiger partial charge in [-0.25, -0.2) is 14.8 Å². The van der Waals surface area contributed by atoms with Gasteiger partial charge < -0.3 is 20.2 Å². The Bertz CT molecular complexity index is 1840. The van der Waals surface area contributed by atoms with E-state index in [9.17, 15) is 20.0 Å². The maximum absolute atomic E-state index is 13.7. The number of nitrogens with one attached hydrogen (secondary N) is 1. The van der Waals surface area contributed by atoms with E-state index in [1.54, 1.807) is 24.4 Å². The average molecular weight is 583 g/mol. The molecule has 1 fully saturated rings. The summed E-state index contributed by atoms with van der Waals surface area (Å²) in [6.07, 6.45) is 1.64. The van der Waals surface area contributed by atoms with Crippen LogP contribution < -0.4 is 20.7 Å². The Morgan fingerprint density at radius 3 is 2.52 bits per heavy atom. The molecule has 3 aromatic heterocycles. The van der Waals surface area contributed by atoms with Crippen molar-refractivity contribution in [2.75, 3.05) is 34.8 Å². The molecule has 1 aliphatic rings. The van der Waals surface area contributed by atoms with Crippen molar-refractivity contribution in [3.05, 3.63) is 92.1 Å². The van der Waals surface area contributed by atoms with Crippen LogP contribution in [0.5, 0.6) is 0 Å². The van der Waals surface area contributed by atoms with E-state index >= 15 is 0 Å². The van der Waals surface area contributed by atoms with E-state index in [1.807, 2.05) is 43.9 Å². The number of rotatable bonds is 6. The number of benzene rings is 1. The highest BCUT2D eigenvalue weighted by molar-refractivity contribution is 6.29. The summed E-state index contributed by atoms with van der Waals surface area (Å²) < 4.78 is 1.38. The molecule has 42 heavy (non-hydrogen) atoms. The van der Waals surface area contributed by atoms with E-state index in [1.165, 1.54) is 10.5 Å². The van der Waals surface area contributed by atoms with Crippen LogP contribution in [0.4, 0.5) is 17.2 Å². The van der Waals surface area contributed by atoms with Crippen molar-refractivity contribution in [1.29, 1.82) is 10.5 Å². The van der Waals surface area contributed by atoms with Crippen LogP contribution in [0.1, 0.15) is 52.6 Å². The minimum absolute atomic E-state index is 0.0431. The molecule has 0 radical (unpaired) electrons. The molecule has 4 aromatic rings. The highest BCUT2D eigenvalue weighted by Crippen LogP contribution is 2.29. The van der Waals surface area contributed by atoms with Gasteiger partial charge >= 0.3 is 5.97 Å². The lowest BCUT2D eigenvalue weighted by Gasteiger charge is -2.42. The number of hydrogen-bond acceptors (Lipinski definition) is 9. The van der Waals surface area contributed by atoms with Crippen molar-refractivity contribution in [3.63, 3.8) is 0 Å². The minimum Gasteiger partial charge on any atom is -0.476 e. The predicted octanol–water partition coefficient (Wildman–Crippen LogP) is 4.38. The summed E-state index contributed by atoms with van der Waals surface area (Å²) in [7, 11) is 0. The molecule has 11 nitrogen and oxygen atoms in total. The summed E-state index contributed by atoms with van der Waals surface area (Å²) >= 11 is 5.92. The third kappa shape index (κ3) is 5.30. The number of aromatic carboxylic acids is 1. The van der Waals surface area contributed by atoms with Crippen LogP contribution in [0, 0.1) is 29.6 Å². The highest BCUT2D eigenvalue weighted by atomic mass is 35.5. The number of nitrogens with zero attached hydrogens (tertiary/aromatic N) is 7. The largest absolute Gasteiger partial charge is 0.476 e. The van der Waals surface area contributed by atoms with Crippen LogP contribution in [0.25, 0.3) is 5.65 Å². The third-order valence-electron chi connectivity index (χ3n) is 7.35. The molecule has 0 aliphatic carbocycles. The van der Waals surface area contributed by atoms with Crippen molar-refractivity contribution in [2.24, 2.45) is 0 Å². The molecule has 0 amide bonds. The molecule has 12 heteroatoms. The standard InChI is InChI=1S/C30H27ClN8O3/c1-17-12-22(19(3)34-24-8-9-25(31)35-26(24)30(41)42)27-36-28(23(14-33)29(40)39(27)15-17)38-11-10-37(16-18(38)2)21-6-4-20(13-32)5-7-21/h4-9,12,15,18-19,34H,10-11,16H2,1-3H3,(H,41,42)/t18-,19?/m1/s1. The Kier molecular flexibility index (Phi) is 7.70. The van der Waals surface area contributed by atoms with Gasteiger partial charge in [0, 0.05) is 43.1 Å². The topological polar surface area (TPSA) is 151 Å². The summed E-state index contributed by atoms with van der Waals surface area (Å²) in [5.74, 6) is -0.920. The van der Waals surface area contributed by atoms with Gasteiger partial charge in [0.15, 0.2) is 17.1 Å². The van der Waals surface area contributed by atoms with E-state index in [2.05, 4.69) is 27.3 Å². The van der Waals surface area contributed by atoms with Crippen LogP contribution in [0.15, 0.2) is 53.5 Å². The van der Waals surface area contributed by atoms with E-state index in [0.29, 0.717) is 42.2 Å². The maximum Gasteiger partial charge on any atom is 0.356 e. The molecule has 1 unspecified atom stereocenters. The predicted molar refractivity (Wildman–Crippen MR) is 159 cm³/mol. The molecule has 5 rings (SSSR count). The second-order valence-electron chi connectivity index (χ2n) is 10.2. The SMILES string of the molecule is Cc1cc(C(C)Nc2ccc(Cl)nc2C(=O)O)c2nc(N3CCN(c4ccc(C#N)cc4)C[C@H]3C)c(C#N)c(=O)n2c1. The Balaban J connectivity index is 1.54. The Hall–Kier alpha value is -5.13. The van der Waals surface area contributed by atoms with Crippen molar-refractivity contribution in [1.82, 2.24) is 14.4 Å². The first-order valence-electron chi connectivity index (χ1n) is 13.3. The Morgan fingerprint density at radius 1 is 1.14 bits per heavy atom. The fourth-order valence-corrected chi connectivity index (χ4v) is 5.45. The second-order valence-corrected chi connectivity index (χ2v) is 10.6. The van der Waals surface area contributed by atoms with Crippen LogP contribution in [0.3, 0.4) is 0 Å². The van der Waals surface area contributed by atoms with Crippen molar-refractivity contribution in [2.45, 2.75) is 32.9 Å². The quantitative estimate of drug-likeness (QED) is 0.313. The van der Waals surface area contributed by atoms with Gasteiger partial charge in [-0.3, -0.25) is 9.20 Å². The van der Waals surface area contributed by atoms with Crippen LogP contribution >= 0.6 is 11.6 Å². The van der Waals surface area contributed by atoms with Gasteiger partial charge in [0.2, 0.25) is 0 Å². The number of halogens is 1. The smallest absolute Gasteiger partial charge is 0.356 e. The summed E-state index contributed by atoms with van der Waals surface area (Å²) in [6.45, 7) is 7.45. The summed E-state index contributed by atoms with van der Waals surface area (Å²) in [6, 6.07) is 15.9. The normalized spacial score (nSPS) is 15.6. The van der Waals surface area contributed by atoms with E-state index < -0.39 is 17.6 Å². The number of aryl methyl sites for hydroxylation is 1. The number of carboxylic acids is 1. The maximum atomic E-state index is 13.7. The highest BCUT2D eigenvalue weighted by Gasteiger charge is 2.29. The van der Waals surface area contributed by atoms with Gasteiger partial charge in [0.05, 0.1) is 23.4 Å². The van der Waals surface area contributed by atoms with Crippen molar-refractivity contribution < 1.29 is 9.90 Å². The Morgan fingerprint density at radius 2 is 1.88 bits per heavy atom. The lowest BCUT2D eigenvalue weighted by molar-refractivity contribution is 0.0691. The van der Waals surface area contributed by atoms with Gasteiger partial charge in [-0.2, -0.15) is 10.5 Å². The zero-order chi connectivity index (χ0) is 30.1. The molecule has 4 heterocycles. The average Bonchev–Trinajstić information content (AvgIpc) is 2.97.